The van der Waals surface area contributed by atoms with Gasteiger partial charge in [0.25, 0.3) is 0 Å². The van der Waals surface area contributed by atoms with E-state index in [1.54, 1.807) is 0 Å². The van der Waals surface area contributed by atoms with Gasteiger partial charge in [0.2, 0.25) is 0 Å². The number of carbonyl (C=O) groups is 1. The first-order valence-electron chi connectivity index (χ1n) is 5.53. The molecule has 2 atom stereocenters. The van der Waals surface area contributed by atoms with E-state index in [9.17, 15) is 4.79 Å². The van der Waals surface area contributed by atoms with E-state index in [2.05, 4.69) is 25.6 Å². The molecule has 2 N–H and O–H groups in total. The van der Waals surface area contributed by atoms with Crippen molar-refractivity contribution in [3.63, 3.8) is 0 Å². The van der Waals surface area contributed by atoms with Gasteiger partial charge in [-0.1, -0.05) is 0 Å². The molecule has 0 fully saturated rings. The molecule has 88 valence electrons. The van der Waals surface area contributed by atoms with Crippen LogP contribution in [0.2, 0.25) is 4.44 Å². The molecule has 0 bridgehead atoms. The Morgan fingerprint density at radius 3 is 2.56 bits per heavy atom. The van der Waals surface area contributed by atoms with Crippen molar-refractivity contribution in [1.82, 2.24) is 0 Å². The van der Waals surface area contributed by atoms with Gasteiger partial charge in [-0.05, 0) is 0 Å². The number of rotatable bonds is 5. The molecule has 2 unspecified atom stereocenters. The van der Waals surface area contributed by atoms with Crippen molar-refractivity contribution in [3.8, 4) is 0 Å². The Morgan fingerprint density at radius 2 is 2.12 bits per heavy atom. The van der Waals surface area contributed by atoms with E-state index in [-0.39, 0.29) is 6.04 Å². The predicted octanol–water partition coefficient (Wildman–Crippen LogP) is 1.62. The number of hydrogen-bond donors (Lipinski definition) is 2. The van der Waals surface area contributed by atoms with Gasteiger partial charge in [-0.3, -0.25) is 0 Å². The zero-order chi connectivity index (χ0) is 12.2. The third kappa shape index (κ3) is 2.63. The van der Waals surface area contributed by atoms with E-state index >= 15 is 0 Å². The fraction of sp³-hybridized carbons (Fsp3) is 0.417. The number of benzene rings is 1. The van der Waals surface area contributed by atoms with Crippen LogP contribution in [0, 0.1) is 0 Å². The number of nitrogens with two attached hydrogens (primary N) is 1. The summed E-state index contributed by atoms with van der Waals surface area (Å²) < 4.78 is 4.10. The molecule has 1 rings (SSSR count). The molecule has 0 aliphatic carbocycles. The molecule has 2 nitrogen and oxygen atoms in total. The van der Waals surface area contributed by atoms with Crippen molar-refractivity contribution in [2.24, 2.45) is 5.73 Å². The van der Waals surface area contributed by atoms with Crippen LogP contribution in [-0.2, 0) is 4.79 Å². The average molecular weight is 344 g/mol. The quantitative estimate of drug-likeness (QED) is 0.484. The van der Waals surface area contributed by atoms with Crippen LogP contribution in [0.25, 0.3) is 0 Å². The van der Waals surface area contributed by atoms with Crippen molar-refractivity contribution >= 4 is 38.9 Å². The summed E-state index contributed by atoms with van der Waals surface area (Å²) in [6.07, 6.45) is 0. The Kier molecular flexibility index (Phi) is 5.34. The van der Waals surface area contributed by atoms with Gasteiger partial charge in [0.05, 0.1) is 0 Å². The molecule has 1 aromatic carbocycles. The summed E-state index contributed by atoms with van der Waals surface area (Å²) in [6.45, 7) is 4.06. The Bertz CT molecular complexity index is 364. The molecule has 0 amide bonds. The van der Waals surface area contributed by atoms with E-state index in [0.29, 0.717) is 0 Å². The molecule has 0 saturated heterocycles. The molecule has 0 aliphatic rings. The van der Waals surface area contributed by atoms with Gasteiger partial charge in [0, 0.05) is 0 Å². The second-order valence-corrected chi connectivity index (χ2v) is 18.0. The summed E-state index contributed by atoms with van der Waals surface area (Å²) in [7, 11) is 0. The maximum absolute atomic E-state index is 11.5. The summed E-state index contributed by atoms with van der Waals surface area (Å²) in [4.78, 5) is 11.5. The van der Waals surface area contributed by atoms with Crippen LogP contribution in [0.1, 0.15) is 25.5 Å². The molecule has 0 spiro atoms. The average Bonchev–Trinajstić information content (AvgIpc) is 2.32. The Labute approximate surface area is 107 Å². The van der Waals surface area contributed by atoms with Crippen LogP contribution in [0.15, 0.2) is 24.3 Å². The minimum absolute atomic E-state index is 0.0151. The fourth-order valence-electron chi connectivity index (χ4n) is 1.92. The van der Waals surface area contributed by atoms with Crippen LogP contribution < -0.4 is 9.31 Å². The Hall–Kier alpha value is -0.00130. The third-order valence-corrected chi connectivity index (χ3v) is 17.8. The molecular formula is C12H19NOSSn. The first-order valence-corrected chi connectivity index (χ1v) is 13.3. The van der Waals surface area contributed by atoms with Crippen molar-refractivity contribution in [2.75, 3.05) is 3.77 Å². The van der Waals surface area contributed by atoms with E-state index in [1.807, 2.05) is 25.1 Å². The van der Waals surface area contributed by atoms with Gasteiger partial charge >= 0.3 is 107 Å². The molecule has 4 heteroatoms. The summed E-state index contributed by atoms with van der Waals surface area (Å²) >= 11 is 1.50. The molecular weight excluding hydrogens is 325 g/mol. The second kappa shape index (κ2) is 6.07. The fourth-order valence-corrected chi connectivity index (χ4v) is 12.1. The second-order valence-electron chi connectivity index (χ2n) is 4.16. The zero-order valence-electron chi connectivity index (χ0n) is 9.81. The summed E-state index contributed by atoms with van der Waals surface area (Å²) in [5, 5.41) is 0. The maximum atomic E-state index is 11.5. The van der Waals surface area contributed by atoms with Crippen LogP contribution in [0.4, 0.5) is 0 Å². The van der Waals surface area contributed by atoms with Gasteiger partial charge in [-0.2, -0.15) is 0 Å². The Balaban J connectivity index is 3.34. The van der Waals surface area contributed by atoms with Gasteiger partial charge in [0.15, 0.2) is 0 Å². The van der Waals surface area contributed by atoms with Gasteiger partial charge in [-0.25, -0.2) is 0 Å². The first-order chi connectivity index (χ1) is 7.61. The monoisotopic (exact) mass is 345 g/mol. The first kappa shape index (κ1) is 14.1. The summed E-state index contributed by atoms with van der Waals surface area (Å²) in [6, 6.07) is 8.07. The summed E-state index contributed by atoms with van der Waals surface area (Å²) in [5.41, 5.74) is 7.09. The SMILES string of the molecule is C[CH2][Sn]([CH]=O)([CH2]S)[c]1ccccc1C(C)N. The molecule has 0 saturated carbocycles. The van der Waals surface area contributed by atoms with Crippen LogP contribution in [0.3, 0.4) is 0 Å². The molecule has 0 aromatic heterocycles. The molecule has 0 heterocycles. The molecule has 16 heavy (non-hydrogen) atoms. The van der Waals surface area contributed by atoms with Gasteiger partial charge < -0.3 is 0 Å². The van der Waals surface area contributed by atoms with Crippen LogP contribution in [-0.4, -0.2) is 26.4 Å². The van der Waals surface area contributed by atoms with E-state index in [0.717, 1.165) is 13.8 Å². The van der Waals surface area contributed by atoms with E-state index < -0.39 is 18.4 Å². The normalized spacial score (nSPS) is 16.5. The van der Waals surface area contributed by atoms with Crippen molar-refractivity contribution < 1.29 is 4.79 Å². The third-order valence-electron chi connectivity index (χ3n) is 3.13. The van der Waals surface area contributed by atoms with Crippen molar-refractivity contribution in [2.45, 2.75) is 24.3 Å². The minimum atomic E-state index is -2.91. The van der Waals surface area contributed by atoms with Crippen molar-refractivity contribution in [1.29, 1.82) is 0 Å². The van der Waals surface area contributed by atoms with E-state index in [1.165, 1.54) is 7.88 Å². The molecule has 1 aromatic rings. The summed E-state index contributed by atoms with van der Waals surface area (Å²) in [5.74, 6) is 0. The number of hydrogen-bond acceptors (Lipinski definition) is 3. The van der Waals surface area contributed by atoms with Crippen molar-refractivity contribution in [3.05, 3.63) is 29.8 Å². The molecule has 0 aliphatic heterocycles. The standard InChI is InChI=1S/C8H10N.C2H5.CHO.CH3S.Sn/c1-7(9)8-5-3-2-4-6-8;3*1-2;/h2-5,7H,9H2,1H3;1H2,2H3;1H;2H,1H2;. The van der Waals surface area contributed by atoms with Crippen LogP contribution >= 0.6 is 12.6 Å². The number of thiol groups is 1. The topological polar surface area (TPSA) is 43.1 Å². The zero-order valence-corrected chi connectivity index (χ0v) is 13.6. The van der Waals surface area contributed by atoms with Gasteiger partial charge in [0.1, 0.15) is 0 Å². The van der Waals surface area contributed by atoms with Gasteiger partial charge in [-0.15, -0.1) is 0 Å². The predicted molar refractivity (Wildman–Crippen MR) is 75.5 cm³/mol. The van der Waals surface area contributed by atoms with E-state index in [4.69, 9.17) is 5.73 Å². The Morgan fingerprint density at radius 1 is 1.50 bits per heavy atom. The van der Waals surface area contributed by atoms with Crippen LogP contribution in [0.5, 0.6) is 0 Å². The molecule has 0 radical (unpaired) electrons. The number of carbonyl (C=O) groups excluding carboxylic acids is 1.